The monoisotopic (exact) mass is 450 g/mol. The molecule has 0 saturated heterocycles. The predicted molar refractivity (Wildman–Crippen MR) is 140 cm³/mol. The van der Waals surface area contributed by atoms with E-state index in [2.05, 4.69) is 81.4 Å². The van der Waals surface area contributed by atoms with Crippen LogP contribution in [0.2, 0.25) is 0 Å². The Bertz CT molecular complexity index is 1560. The highest BCUT2D eigenvalue weighted by Crippen LogP contribution is 2.32. The van der Waals surface area contributed by atoms with Crippen molar-refractivity contribution in [2.45, 2.75) is 13.3 Å². The van der Waals surface area contributed by atoms with Gasteiger partial charge in [-0.3, -0.25) is 0 Å². The van der Waals surface area contributed by atoms with Crippen molar-refractivity contribution in [1.82, 2.24) is 0 Å². The Balaban J connectivity index is 1.55. The molecule has 0 unspecified atom stereocenters. The van der Waals surface area contributed by atoms with Gasteiger partial charge < -0.3 is 0 Å². The summed E-state index contributed by atoms with van der Waals surface area (Å²) in [7, 11) is 0. The average molecular weight is 451 g/mol. The number of thiophene rings is 2. The summed E-state index contributed by atoms with van der Waals surface area (Å²) in [6.07, 6.45) is 6.54. The molecule has 2 bridgehead atoms. The van der Waals surface area contributed by atoms with E-state index in [1.54, 1.807) is 29.0 Å². The van der Waals surface area contributed by atoms with Crippen LogP contribution in [0.25, 0.3) is 25.9 Å². The van der Waals surface area contributed by atoms with Gasteiger partial charge in [-0.05, 0) is 59.7 Å². The Morgan fingerprint density at radius 1 is 0.781 bits per heavy atom. The number of aliphatic imine (C=N–C) groups is 4. The van der Waals surface area contributed by atoms with Gasteiger partial charge in [0, 0.05) is 37.7 Å². The summed E-state index contributed by atoms with van der Waals surface area (Å²) < 4.78 is 2.51. The van der Waals surface area contributed by atoms with Crippen LogP contribution in [0.1, 0.15) is 24.5 Å². The van der Waals surface area contributed by atoms with Crippen molar-refractivity contribution in [3.05, 3.63) is 88.1 Å². The zero-order chi connectivity index (χ0) is 21.5. The summed E-state index contributed by atoms with van der Waals surface area (Å²) in [6.45, 7) is 1.90. The zero-order valence-electron chi connectivity index (χ0n) is 17.3. The van der Waals surface area contributed by atoms with Crippen molar-refractivity contribution >= 4 is 72.3 Å². The molecule has 0 atom stereocenters. The standard InChI is InChI=1S/C26H18N4S2/c1-16-27-15-28-26-14-17(12-22(29-16)18-4-2-6-24-20(18)8-10-31-24)13-23(30-26)19-5-3-7-25-21(19)9-11-32-25/h2-13,15H,14H2,1H3/b17-12?,22-12-,27-15?,27-16?,28-15?,28-26?,29-16?,29-22?. The number of fused-ring (bicyclic) bond motifs is 4. The molecule has 0 radical (unpaired) electrons. The molecule has 2 aliphatic rings. The second-order valence-corrected chi connectivity index (χ2v) is 9.54. The Morgan fingerprint density at radius 2 is 1.50 bits per heavy atom. The van der Waals surface area contributed by atoms with E-state index in [1.807, 2.05) is 6.92 Å². The molecular formula is C26H18N4S2. The normalized spacial score (nSPS) is 18.0. The average Bonchev–Trinajstić information content (AvgIpc) is 3.47. The summed E-state index contributed by atoms with van der Waals surface area (Å²) in [6, 6.07) is 17.1. The molecule has 0 amide bonds. The fourth-order valence-electron chi connectivity index (χ4n) is 4.09. The molecule has 4 aromatic rings. The van der Waals surface area contributed by atoms with E-state index in [1.165, 1.54) is 20.2 Å². The second kappa shape index (κ2) is 7.89. The lowest BCUT2D eigenvalue weighted by molar-refractivity contribution is 1.27. The Kier molecular flexibility index (Phi) is 4.74. The van der Waals surface area contributed by atoms with E-state index in [-0.39, 0.29) is 0 Å². The SMILES string of the molecule is CC1=N/C(c2cccc3sccc23)=C\C2=CC(c3cccc4sccc34)=NC(=NC=N1)C2. The summed E-state index contributed by atoms with van der Waals surface area (Å²) in [4.78, 5) is 18.7. The quantitative estimate of drug-likeness (QED) is 0.312. The van der Waals surface area contributed by atoms with Gasteiger partial charge in [-0.25, -0.2) is 20.0 Å². The lowest BCUT2D eigenvalue weighted by Gasteiger charge is -2.15. The smallest absolute Gasteiger partial charge is 0.135 e. The van der Waals surface area contributed by atoms with Crippen molar-refractivity contribution in [3.63, 3.8) is 0 Å². The maximum atomic E-state index is 4.88. The fraction of sp³-hybridized carbons (Fsp3) is 0.0769. The van der Waals surface area contributed by atoms with E-state index in [0.29, 0.717) is 12.3 Å². The molecule has 6 heteroatoms. The van der Waals surface area contributed by atoms with Crippen LogP contribution >= 0.6 is 22.7 Å². The summed E-state index contributed by atoms with van der Waals surface area (Å²) >= 11 is 3.49. The third kappa shape index (κ3) is 3.47. The first-order valence-electron chi connectivity index (χ1n) is 10.3. The maximum absolute atomic E-state index is 4.88. The molecule has 4 heterocycles. The van der Waals surface area contributed by atoms with Crippen molar-refractivity contribution < 1.29 is 0 Å². The molecule has 0 N–H and O–H groups in total. The van der Waals surface area contributed by atoms with Gasteiger partial charge in [0.2, 0.25) is 0 Å². The number of dihydropyridines is 1. The van der Waals surface area contributed by atoms with Gasteiger partial charge in [-0.1, -0.05) is 24.3 Å². The molecule has 6 rings (SSSR count). The number of nitrogens with zero attached hydrogens (tertiary/aromatic N) is 4. The molecule has 32 heavy (non-hydrogen) atoms. The molecule has 0 aliphatic carbocycles. The minimum absolute atomic E-state index is 0.646. The van der Waals surface area contributed by atoms with Crippen LogP contribution in [0.3, 0.4) is 0 Å². The first kappa shape index (κ1) is 19.2. The molecule has 4 nitrogen and oxygen atoms in total. The van der Waals surface area contributed by atoms with Crippen LogP contribution in [-0.2, 0) is 0 Å². The minimum Gasteiger partial charge on any atom is -0.233 e. The highest BCUT2D eigenvalue weighted by molar-refractivity contribution is 7.17. The number of amidine groups is 2. The van der Waals surface area contributed by atoms with Gasteiger partial charge in [0.15, 0.2) is 0 Å². The number of benzene rings is 2. The van der Waals surface area contributed by atoms with Gasteiger partial charge >= 0.3 is 0 Å². The first-order valence-corrected chi connectivity index (χ1v) is 12.1. The van der Waals surface area contributed by atoms with E-state index < -0.39 is 0 Å². The van der Waals surface area contributed by atoms with Crippen molar-refractivity contribution in [1.29, 1.82) is 0 Å². The van der Waals surface area contributed by atoms with Crippen LogP contribution in [0.15, 0.2) is 97.0 Å². The third-order valence-corrected chi connectivity index (χ3v) is 7.30. The number of rotatable bonds is 2. The van der Waals surface area contributed by atoms with Crippen LogP contribution in [0, 0.1) is 0 Å². The molecule has 2 aliphatic heterocycles. The van der Waals surface area contributed by atoms with E-state index in [4.69, 9.17) is 9.98 Å². The Labute approximate surface area is 193 Å². The third-order valence-electron chi connectivity index (χ3n) is 5.53. The van der Waals surface area contributed by atoms with Crippen LogP contribution < -0.4 is 0 Å². The first-order chi connectivity index (χ1) is 15.7. The Hall–Kier alpha value is -3.48. The van der Waals surface area contributed by atoms with Gasteiger partial charge in [0.25, 0.3) is 0 Å². The minimum atomic E-state index is 0.646. The molecule has 0 spiro atoms. The van der Waals surface area contributed by atoms with Crippen LogP contribution in [0.5, 0.6) is 0 Å². The summed E-state index contributed by atoms with van der Waals surface area (Å²) in [5.74, 6) is 1.42. The van der Waals surface area contributed by atoms with E-state index in [0.717, 1.165) is 33.9 Å². The second-order valence-electron chi connectivity index (χ2n) is 7.65. The summed E-state index contributed by atoms with van der Waals surface area (Å²) in [5, 5.41) is 6.68. The topological polar surface area (TPSA) is 49.4 Å². The van der Waals surface area contributed by atoms with Crippen LogP contribution in [0.4, 0.5) is 0 Å². The van der Waals surface area contributed by atoms with Crippen molar-refractivity contribution in [3.8, 4) is 0 Å². The number of allylic oxidation sites excluding steroid dienone is 2. The molecule has 154 valence electrons. The predicted octanol–water partition coefficient (Wildman–Crippen LogP) is 7.14. The van der Waals surface area contributed by atoms with Gasteiger partial charge in [-0.2, -0.15) is 0 Å². The van der Waals surface area contributed by atoms with Gasteiger partial charge in [0.1, 0.15) is 18.0 Å². The van der Waals surface area contributed by atoms with Crippen LogP contribution in [-0.4, -0.2) is 23.7 Å². The lowest BCUT2D eigenvalue weighted by Crippen LogP contribution is -2.12. The number of hydrogen-bond donors (Lipinski definition) is 0. The number of hydrogen-bond acceptors (Lipinski definition) is 6. The van der Waals surface area contributed by atoms with E-state index in [9.17, 15) is 0 Å². The lowest BCUT2D eigenvalue weighted by atomic mass is 9.97. The molecule has 2 aromatic carbocycles. The highest BCUT2D eigenvalue weighted by atomic mass is 32.1. The van der Waals surface area contributed by atoms with E-state index >= 15 is 0 Å². The fourth-order valence-corrected chi connectivity index (χ4v) is 5.71. The van der Waals surface area contributed by atoms with Crippen molar-refractivity contribution in [2.24, 2.45) is 20.0 Å². The zero-order valence-corrected chi connectivity index (χ0v) is 19.0. The van der Waals surface area contributed by atoms with Gasteiger partial charge in [0.05, 0.1) is 11.4 Å². The van der Waals surface area contributed by atoms with Gasteiger partial charge in [-0.15, -0.1) is 22.7 Å². The largest absolute Gasteiger partial charge is 0.233 e. The molecule has 0 fully saturated rings. The van der Waals surface area contributed by atoms with Crippen molar-refractivity contribution in [2.75, 3.05) is 0 Å². The highest BCUT2D eigenvalue weighted by Gasteiger charge is 2.17. The summed E-state index contributed by atoms with van der Waals surface area (Å²) in [5.41, 5.74) is 5.20. The maximum Gasteiger partial charge on any atom is 0.135 e. The molecule has 0 saturated carbocycles. The molecular weight excluding hydrogens is 432 g/mol. The Morgan fingerprint density at radius 3 is 2.28 bits per heavy atom. The molecule has 2 aromatic heterocycles.